The lowest BCUT2D eigenvalue weighted by Gasteiger charge is -2.42. The van der Waals surface area contributed by atoms with Crippen LogP contribution in [0.1, 0.15) is 88.7 Å². The van der Waals surface area contributed by atoms with Gasteiger partial charge < -0.3 is 9.84 Å². The van der Waals surface area contributed by atoms with Gasteiger partial charge in [0, 0.05) is 18.9 Å². The third-order valence-electron chi connectivity index (χ3n) is 7.53. The van der Waals surface area contributed by atoms with Crippen LogP contribution < -0.4 is 5.48 Å². The third kappa shape index (κ3) is 11.4. The molecule has 0 radical (unpaired) electrons. The molecule has 3 amide bonds. The van der Waals surface area contributed by atoms with Crippen molar-refractivity contribution in [2.24, 2.45) is 5.92 Å². The fraction of sp³-hybridized carbons (Fsp3) is 0.515. The number of carboxylic acids is 1. The lowest BCUT2D eigenvalue weighted by molar-refractivity contribution is -0.174. The van der Waals surface area contributed by atoms with Crippen LogP contribution in [0.15, 0.2) is 60.7 Å². The molecule has 43 heavy (non-hydrogen) atoms. The van der Waals surface area contributed by atoms with Crippen LogP contribution in [-0.4, -0.2) is 51.6 Å². The summed E-state index contributed by atoms with van der Waals surface area (Å²) in [7, 11) is 0. The van der Waals surface area contributed by atoms with Gasteiger partial charge in [0.25, 0.3) is 0 Å². The summed E-state index contributed by atoms with van der Waals surface area (Å²) in [4.78, 5) is 57.7. The number of hydroxylamine groups is 1. The van der Waals surface area contributed by atoms with E-state index >= 15 is 0 Å². The molecule has 2 N–H and O–H groups in total. The zero-order valence-corrected chi connectivity index (χ0v) is 25.1. The molecule has 10 heteroatoms. The Labute approximate surface area is 254 Å². The maximum absolute atomic E-state index is 14.0. The zero-order valence-electron chi connectivity index (χ0n) is 25.1. The second-order valence-corrected chi connectivity index (χ2v) is 11.0. The molecule has 1 fully saturated rings. The Bertz CT molecular complexity index is 1150. The lowest BCUT2D eigenvalue weighted by atomic mass is 9.94. The summed E-state index contributed by atoms with van der Waals surface area (Å²) >= 11 is 0. The summed E-state index contributed by atoms with van der Waals surface area (Å²) in [6.07, 6.45) is 7.21. The van der Waals surface area contributed by atoms with Crippen molar-refractivity contribution in [3.05, 3.63) is 71.8 Å². The number of carbonyl (C=O) groups is 4. The van der Waals surface area contributed by atoms with Gasteiger partial charge in [-0.05, 0) is 30.4 Å². The standard InChI is InChI=1S/C33H45N3O7/c1-2-3-4-5-6-7-14-20-28(23-30(37)34-43-25-27-18-12-9-13-19-27)31(38)36-29(32(39)40)21-15-22-35(36)33(41)42-24-26-16-10-8-11-17-26/h8-13,16-19,28-29H,2-7,14-15,20-25H2,1H3,(H,34,37)(H,39,40)/t28-,29+/m1/s1. The zero-order chi connectivity index (χ0) is 30.9. The average molecular weight is 596 g/mol. The first-order valence-corrected chi connectivity index (χ1v) is 15.4. The van der Waals surface area contributed by atoms with Gasteiger partial charge in [0.2, 0.25) is 11.8 Å². The first kappa shape index (κ1) is 33.6. The summed E-state index contributed by atoms with van der Waals surface area (Å²) in [5.74, 6) is -3.10. The summed E-state index contributed by atoms with van der Waals surface area (Å²) in [6, 6.07) is 17.2. The number of hydrogen-bond acceptors (Lipinski definition) is 6. The molecule has 0 aliphatic carbocycles. The molecule has 2 aromatic carbocycles. The topological polar surface area (TPSA) is 125 Å². The average Bonchev–Trinajstić information content (AvgIpc) is 3.02. The highest BCUT2D eigenvalue weighted by atomic mass is 16.6. The van der Waals surface area contributed by atoms with E-state index in [2.05, 4.69) is 12.4 Å². The van der Waals surface area contributed by atoms with Gasteiger partial charge >= 0.3 is 12.1 Å². The molecule has 1 heterocycles. The van der Waals surface area contributed by atoms with Gasteiger partial charge in [-0.15, -0.1) is 0 Å². The lowest BCUT2D eigenvalue weighted by Crippen LogP contribution is -2.61. The number of rotatable bonds is 17. The molecule has 1 saturated heterocycles. The van der Waals surface area contributed by atoms with Crippen LogP contribution in [0.25, 0.3) is 0 Å². The summed E-state index contributed by atoms with van der Waals surface area (Å²) in [6.45, 7) is 2.45. The molecule has 0 unspecified atom stereocenters. The summed E-state index contributed by atoms with van der Waals surface area (Å²) in [5.41, 5.74) is 4.06. The van der Waals surface area contributed by atoms with Gasteiger partial charge in [-0.3, -0.25) is 14.4 Å². The van der Waals surface area contributed by atoms with E-state index in [0.717, 1.165) is 53.2 Å². The molecule has 0 bridgehead atoms. The molecule has 2 aromatic rings. The Morgan fingerprint density at radius 2 is 1.49 bits per heavy atom. The highest BCUT2D eigenvalue weighted by Crippen LogP contribution is 2.26. The Kier molecular flexibility index (Phi) is 14.5. The molecule has 1 aliphatic heterocycles. The maximum Gasteiger partial charge on any atom is 0.429 e. The van der Waals surface area contributed by atoms with Gasteiger partial charge in [0.1, 0.15) is 6.61 Å². The second-order valence-electron chi connectivity index (χ2n) is 11.0. The first-order chi connectivity index (χ1) is 20.9. The van der Waals surface area contributed by atoms with Crippen LogP contribution in [0, 0.1) is 5.92 Å². The minimum atomic E-state index is -1.24. The molecule has 0 aromatic heterocycles. The normalized spacial score (nSPS) is 15.5. The van der Waals surface area contributed by atoms with Crippen LogP contribution >= 0.6 is 0 Å². The molecule has 10 nitrogen and oxygen atoms in total. The molecule has 1 aliphatic rings. The van der Waals surface area contributed by atoms with E-state index in [4.69, 9.17) is 9.57 Å². The predicted octanol–water partition coefficient (Wildman–Crippen LogP) is 6.01. The third-order valence-corrected chi connectivity index (χ3v) is 7.53. The number of hydrazine groups is 1. The number of carbonyl (C=O) groups excluding carboxylic acids is 3. The van der Waals surface area contributed by atoms with E-state index in [9.17, 15) is 24.3 Å². The highest BCUT2D eigenvalue weighted by molar-refractivity contribution is 5.90. The number of carboxylic acid groups (broad SMARTS) is 1. The van der Waals surface area contributed by atoms with E-state index in [1.165, 1.54) is 6.42 Å². The predicted molar refractivity (Wildman–Crippen MR) is 161 cm³/mol. The Morgan fingerprint density at radius 1 is 0.884 bits per heavy atom. The number of ether oxygens (including phenoxy) is 1. The SMILES string of the molecule is CCCCCCCCC[C@H](CC(=O)NOCc1ccccc1)C(=O)N1[C@H](C(=O)O)CCCN1C(=O)OCc1ccccc1. The van der Waals surface area contributed by atoms with Crippen molar-refractivity contribution < 1.29 is 33.9 Å². The molecular formula is C33H45N3O7. The second kappa shape index (κ2) is 18.6. The van der Waals surface area contributed by atoms with Crippen molar-refractivity contribution in [3.63, 3.8) is 0 Å². The molecule has 0 saturated carbocycles. The molecule has 3 rings (SSSR count). The first-order valence-electron chi connectivity index (χ1n) is 15.4. The van der Waals surface area contributed by atoms with Crippen molar-refractivity contribution in [3.8, 4) is 0 Å². The van der Waals surface area contributed by atoms with Crippen molar-refractivity contribution in [2.75, 3.05) is 6.54 Å². The van der Waals surface area contributed by atoms with E-state index in [-0.39, 0.29) is 32.6 Å². The number of amides is 3. The van der Waals surface area contributed by atoms with Gasteiger partial charge in [-0.25, -0.2) is 25.1 Å². The molecule has 2 atom stereocenters. The molecule has 234 valence electrons. The monoisotopic (exact) mass is 595 g/mol. The number of nitrogens with zero attached hydrogens (tertiary/aromatic N) is 2. The van der Waals surface area contributed by atoms with Crippen LogP contribution in [0.4, 0.5) is 4.79 Å². The van der Waals surface area contributed by atoms with Crippen molar-refractivity contribution in [2.45, 2.75) is 96.8 Å². The van der Waals surface area contributed by atoms with E-state index in [1.807, 2.05) is 60.7 Å². The van der Waals surface area contributed by atoms with Crippen LogP contribution in [0.3, 0.4) is 0 Å². The van der Waals surface area contributed by atoms with Gasteiger partial charge in [0.05, 0.1) is 6.61 Å². The van der Waals surface area contributed by atoms with Crippen molar-refractivity contribution in [1.82, 2.24) is 15.5 Å². The Hall–Kier alpha value is -3.92. The fourth-order valence-corrected chi connectivity index (χ4v) is 5.19. The number of hydrogen-bond donors (Lipinski definition) is 2. The van der Waals surface area contributed by atoms with E-state index < -0.39 is 35.8 Å². The number of unbranched alkanes of at least 4 members (excludes halogenated alkanes) is 6. The molecule has 0 spiro atoms. The number of benzene rings is 2. The van der Waals surface area contributed by atoms with Crippen LogP contribution in [0.5, 0.6) is 0 Å². The van der Waals surface area contributed by atoms with Gasteiger partial charge in [-0.1, -0.05) is 113 Å². The quantitative estimate of drug-likeness (QED) is 0.169. The minimum Gasteiger partial charge on any atom is -0.480 e. The Balaban J connectivity index is 1.70. The number of aliphatic carboxylic acids is 1. The smallest absolute Gasteiger partial charge is 0.429 e. The summed E-state index contributed by atoms with van der Waals surface area (Å²) < 4.78 is 5.48. The Morgan fingerprint density at radius 3 is 2.12 bits per heavy atom. The largest absolute Gasteiger partial charge is 0.480 e. The van der Waals surface area contributed by atoms with Gasteiger partial charge in [-0.2, -0.15) is 0 Å². The van der Waals surface area contributed by atoms with Gasteiger partial charge in [0.15, 0.2) is 6.04 Å². The maximum atomic E-state index is 14.0. The van der Waals surface area contributed by atoms with Crippen LogP contribution in [0.2, 0.25) is 0 Å². The number of nitrogens with one attached hydrogen (secondary N) is 1. The summed E-state index contributed by atoms with van der Waals surface area (Å²) in [5, 5.41) is 12.1. The van der Waals surface area contributed by atoms with E-state index in [1.54, 1.807) is 0 Å². The fourth-order valence-electron chi connectivity index (χ4n) is 5.19. The molecular weight excluding hydrogens is 550 g/mol. The van der Waals surface area contributed by atoms with Crippen molar-refractivity contribution >= 4 is 23.9 Å². The van der Waals surface area contributed by atoms with Crippen LogP contribution in [-0.2, 0) is 37.2 Å². The van der Waals surface area contributed by atoms with E-state index in [0.29, 0.717) is 19.3 Å². The highest BCUT2D eigenvalue weighted by Gasteiger charge is 2.43. The van der Waals surface area contributed by atoms with Crippen molar-refractivity contribution in [1.29, 1.82) is 0 Å². The minimum absolute atomic E-state index is 0.0153.